The zero-order valence-electron chi connectivity index (χ0n) is 23.1. The summed E-state index contributed by atoms with van der Waals surface area (Å²) in [6, 6.07) is 35.8. The van der Waals surface area contributed by atoms with Crippen LogP contribution in [0.4, 0.5) is 0 Å². The van der Waals surface area contributed by atoms with Crippen molar-refractivity contribution in [3.8, 4) is 33.9 Å². The second kappa shape index (κ2) is 10.4. The highest BCUT2D eigenvalue weighted by atomic mass is 15.1. The van der Waals surface area contributed by atoms with Gasteiger partial charge in [-0.15, -0.1) is 0 Å². The summed E-state index contributed by atoms with van der Waals surface area (Å²) in [7, 11) is 0. The van der Waals surface area contributed by atoms with Crippen molar-refractivity contribution in [1.82, 2.24) is 19.1 Å². The maximum atomic E-state index is 4.87. The maximum Gasteiger partial charge on any atom is 0.137 e. The highest BCUT2D eigenvalue weighted by Crippen LogP contribution is 2.36. The van der Waals surface area contributed by atoms with Gasteiger partial charge in [-0.25, -0.2) is 4.98 Å². The molecule has 4 heterocycles. The van der Waals surface area contributed by atoms with E-state index in [4.69, 9.17) is 9.97 Å². The molecule has 5 nitrogen and oxygen atoms in total. The van der Waals surface area contributed by atoms with E-state index in [0.29, 0.717) is 6.54 Å². The van der Waals surface area contributed by atoms with E-state index in [1.54, 1.807) is 0 Å². The Balaban J connectivity index is 1.48. The highest BCUT2D eigenvalue weighted by molar-refractivity contribution is 6.10. The van der Waals surface area contributed by atoms with Crippen LogP contribution in [0.5, 0.6) is 0 Å². The van der Waals surface area contributed by atoms with Crippen molar-refractivity contribution in [2.45, 2.75) is 13.8 Å². The molecule has 0 amide bonds. The first kappa shape index (κ1) is 24.7. The van der Waals surface area contributed by atoms with Crippen LogP contribution in [-0.2, 0) is 0 Å². The Morgan fingerprint density at radius 2 is 1.54 bits per heavy atom. The number of rotatable bonds is 6. The summed E-state index contributed by atoms with van der Waals surface area (Å²) in [5.41, 5.74) is 9.80. The van der Waals surface area contributed by atoms with E-state index in [1.807, 2.05) is 42.9 Å². The molecule has 198 valence electrons. The third-order valence-electron chi connectivity index (χ3n) is 7.65. The standard InChI is InChI=1S/C36H29N5/c1-3-37-24-33-25(2)31-16-14-28-19-21-40(34-22-29(18-20-38-34)26-10-6-4-7-11-26)35(28)36(31)41(33)30-15-17-32(39-23-30)27-12-8-5-9-13-27/h4-24H,3H2,1-2H3. The molecule has 0 unspecified atom stereocenters. The number of hydrogen-bond donors (Lipinski definition) is 0. The van der Waals surface area contributed by atoms with Gasteiger partial charge in [0.2, 0.25) is 0 Å². The molecule has 5 heteroatoms. The Morgan fingerprint density at radius 3 is 2.27 bits per heavy atom. The van der Waals surface area contributed by atoms with E-state index < -0.39 is 0 Å². The van der Waals surface area contributed by atoms with Crippen molar-refractivity contribution in [3.05, 3.63) is 133 Å². The predicted octanol–water partition coefficient (Wildman–Crippen LogP) is 8.45. The van der Waals surface area contributed by atoms with Crippen LogP contribution in [0.3, 0.4) is 0 Å². The third kappa shape index (κ3) is 4.32. The molecule has 0 fully saturated rings. The van der Waals surface area contributed by atoms with Gasteiger partial charge < -0.3 is 4.57 Å². The van der Waals surface area contributed by atoms with Crippen LogP contribution in [0.15, 0.2) is 127 Å². The number of hydrogen-bond acceptors (Lipinski definition) is 3. The number of aromatic nitrogens is 4. The summed E-state index contributed by atoms with van der Waals surface area (Å²) in [6.07, 6.45) is 7.96. The fourth-order valence-corrected chi connectivity index (χ4v) is 5.62. The lowest BCUT2D eigenvalue weighted by atomic mass is 10.1. The molecule has 0 bridgehead atoms. The van der Waals surface area contributed by atoms with E-state index in [1.165, 1.54) is 16.5 Å². The molecule has 0 aliphatic heterocycles. The van der Waals surface area contributed by atoms with Crippen LogP contribution in [0.1, 0.15) is 18.2 Å². The largest absolute Gasteiger partial charge is 0.304 e. The van der Waals surface area contributed by atoms with Crippen molar-refractivity contribution in [2.24, 2.45) is 4.99 Å². The Bertz CT molecular complexity index is 2010. The van der Waals surface area contributed by atoms with Gasteiger partial charge in [0.1, 0.15) is 5.82 Å². The molecule has 7 rings (SSSR count). The Kier molecular flexibility index (Phi) is 6.25. The van der Waals surface area contributed by atoms with E-state index in [0.717, 1.165) is 50.4 Å². The van der Waals surface area contributed by atoms with Crippen LogP contribution in [-0.4, -0.2) is 31.9 Å². The fraction of sp³-hybridized carbons (Fsp3) is 0.0833. The first-order valence-electron chi connectivity index (χ1n) is 13.9. The molecule has 3 aromatic carbocycles. The molecular formula is C36H29N5. The highest BCUT2D eigenvalue weighted by Gasteiger charge is 2.20. The van der Waals surface area contributed by atoms with Gasteiger partial charge >= 0.3 is 0 Å². The molecule has 0 saturated carbocycles. The Morgan fingerprint density at radius 1 is 0.756 bits per heavy atom. The smallest absolute Gasteiger partial charge is 0.137 e. The van der Waals surface area contributed by atoms with Crippen molar-refractivity contribution in [1.29, 1.82) is 0 Å². The molecule has 0 saturated heterocycles. The van der Waals surface area contributed by atoms with Gasteiger partial charge in [0.05, 0.1) is 34.3 Å². The second-order valence-corrected chi connectivity index (χ2v) is 10.1. The first-order valence-corrected chi connectivity index (χ1v) is 13.9. The summed E-state index contributed by atoms with van der Waals surface area (Å²) >= 11 is 0. The molecule has 0 aliphatic carbocycles. The molecule has 0 atom stereocenters. The average Bonchev–Trinajstić information content (AvgIpc) is 3.60. The number of fused-ring (bicyclic) bond motifs is 3. The lowest BCUT2D eigenvalue weighted by Gasteiger charge is -2.13. The SMILES string of the molecule is CCN=Cc1c(C)c2ccc3ccn(-c4cc(-c5ccccc5)ccn4)c3c2n1-c1ccc(-c2ccccc2)nc1. The normalized spacial score (nSPS) is 11.7. The van der Waals surface area contributed by atoms with Crippen molar-refractivity contribution in [3.63, 3.8) is 0 Å². The molecule has 0 N–H and O–H groups in total. The van der Waals surface area contributed by atoms with Crippen molar-refractivity contribution in [2.75, 3.05) is 6.54 Å². The fourth-order valence-electron chi connectivity index (χ4n) is 5.62. The zero-order valence-corrected chi connectivity index (χ0v) is 23.1. The maximum absolute atomic E-state index is 4.87. The van der Waals surface area contributed by atoms with Crippen LogP contribution in [0, 0.1) is 6.92 Å². The number of aryl methyl sites for hydroxylation is 1. The molecular weight excluding hydrogens is 502 g/mol. The number of benzene rings is 3. The molecule has 7 aromatic rings. The Labute approximate surface area is 239 Å². The van der Waals surface area contributed by atoms with Crippen LogP contribution in [0.25, 0.3) is 55.7 Å². The minimum absolute atomic E-state index is 0.716. The van der Waals surface area contributed by atoms with Crippen LogP contribution in [0.2, 0.25) is 0 Å². The second-order valence-electron chi connectivity index (χ2n) is 10.1. The van der Waals surface area contributed by atoms with E-state index in [9.17, 15) is 0 Å². The lowest BCUT2D eigenvalue weighted by molar-refractivity contribution is 1.03. The average molecular weight is 532 g/mol. The van der Waals surface area contributed by atoms with E-state index in [2.05, 4.69) is 113 Å². The van der Waals surface area contributed by atoms with Crippen molar-refractivity contribution >= 4 is 28.0 Å². The number of nitrogens with zero attached hydrogens (tertiary/aromatic N) is 5. The molecule has 41 heavy (non-hydrogen) atoms. The Hall–Kier alpha value is -5.29. The monoisotopic (exact) mass is 531 g/mol. The summed E-state index contributed by atoms with van der Waals surface area (Å²) in [5, 5.41) is 2.33. The van der Waals surface area contributed by atoms with E-state index >= 15 is 0 Å². The molecule has 0 aliphatic rings. The van der Waals surface area contributed by atoms with Gasteiger partial charge in [0.15, 0.2) is 0 Å². The van der Waals surface area contributed by atoms with Gasteiger partial charge in [-0.05, 0) is 60.9 Å². The lowest BCUT2D eigenvalue weighted by Crippen LogP contribution is -2.03. The predicted molar refractivity (Wildman–Crippen MR) is 169 cm³/mol. The number of aliphatic imine (C=N–C) groups is 1. The summed E-state index contributed by atoms with van der Waals surface area (Å²) in [5.74, 6) is 0.876. The van der Waals surface area contributed by atoms with E-state index in [-0.39, 0.29) is 0 Å². The minimum atomic E-state index is 0.716. The first-order chi connectivity index (χ1) is 20.2. The number of pyridine rings is 2. The summed E-state index contributed by atoms with van der Waals surface area (Å²) < 4.78 is 4.50. The minimum Gasteiger partial charge on any atom is -0.304 e. The van der Waals surface area contributed by atoms with Gasteiger partial charge in [-0.1, -0.05) is 72.8 Å². The van der Waals surface area contributed by atoms with Crippen LogP contribution < -0.4 is 0 Å². The quantitative estimate of drug-likeness (QED) is 0.202. The van der Waals surface area contributed by atoms with Gasteiger partial charge in [0, 0.05) is 41.5 Å². The molecule has 4 aromatic heterocycles. The van der Waals surface area contributed by atoms with Crippen molar-refractivity contribution < 1.29 is 0 Å². The zero-order chi connectivity index (χ0) is 27.8. The van der Waals surface area contributed by atoms with Gasteiger partial charge in [0.25, 0.3) is 0 Å². The van der Waals surface area contributed by atoms with Gasteiger partial charge in [-0.2, -0.15) is 0 Å². The summed E-state index contributed by atoms with van der Waals surface area (Å²) in [4.78, 5) is 14.3. The van der Waals surface area contributed by atoms with Crippen LogP contribution >= 0.6 is 0 Å². The molecule has 0 radical (unpaired) electrons. The van der Waals surface area contributed by atoms with Gasteiger partial charge in [-0.3, -0.25) is 14.5 Å². The third-order valence-corrected chi connectivity index (χ3v) is 7.65. The topological polar surface area (TPSA) is 48.0 Å². The molecule has 0 spiro atoms. The summed E-state index contributed by atoms with van der Waals surface area (Å²) in [6.45, 7) is 4.95.